The second-order valence-electron chi connectivity index (χ2n) is 5.43. The van der Waals surface area contributed by atoms with Gasteiger partial charge in [0.05, 0.1) is 10.7 Å². The summed E-state index contributed by atoms with van der Waals surface area (Å²) in [6, 6.07) is 0. The van der Waals surface area contributed by atoms with Gasteiger partial charge < -0.3 is 5.32 Å². The molecule has 1 unspecified atom stereocenters. The fourth-order valence-electron chi connectivity index (χ4n) is 1.76. The summed E-state index contributed by atoms with van der Waals surface area (Å²) in [7, 11) is 0. The minimum Gasteiger partial charge on any atom is -0.317 e. The van der Waals surface area contributed by atoms with Crippen molar-refractivity contribution in [3.63, 3.8) is 0 Å². The van der Waals surface area contributed by atoms with Crippen LogP contribution in [0.5, 0.6) is 0 Å². The van der Waals surface area contributed by atoms with E-state index in [1.165, 1.54) is 10.7 Å². The summed E-state index contributed by atoms with van der Waals surface area (Å²) in [5.74, 6) is 0.647. The summed E-state index contributed by atoms with van der Waals surface area (Å²) >= 11 is 1.75. The summed E-state index contributed by atoms with van der Waals surface area (Å²) in [6.07, 6.45) is 1.08. The fraction of sp³-hybridized carbons (Fsp3) is 0.769. The molecule has 0 saturated heterocycles. The van der Waals surface area contributed by atoms with E-state index in [-0.39, 0.29) is 0 Å². The second kappa shape index (κ2) is 5.78. The minimum absolute atomic E-state index is 0.333. The first-order valence-corrected chi connectivity index (χ1v) is 6.93. The zero-order valence-corrected chi connectivity index (χ0v) is 11.9. The van der Waals surface area contributed by atoms with Crippen LogP contribution in [0.25, 0.3) is 0 Å². The fourth-order valence-corrected chi connectivity index (χ4v) is 2.38. The van der Waals surface area contributed by atoms with E-state index in [1.807, 2.05) is 0 Å². The standard InChI is InChI=1S/C13H24N2S/c1-6-14-8-11(13(3,4)5)7-12-9-16-10(2)15-12/h9,11,14H,6-8H2,1-5H3. The van der Waals surface area contributed by atoms with Crippen LogP contribution in [0, 0.1) is 18.3 Å². The van der Waals surface area contributed by atoms with Gasteiger partial charge in [0, 0.05) is 5.38 Å². The maximum Gasteiger partial charge on any atom is 0.0897 e. The summed E-state index contributed by atoms with van der Waals surface area (Å²) in [6.45, 7) is 13.3. The van der Waals surface area contributed by atoms with Gasteiger partial charge in [-0.25, -0.2) is 4.98 Å². The van der Waals surface area contributed by atoms with Crippen LogP contribution in [0.3, 0.4) is 0 Å². The number of thiazole rings is 1. The van der Waals surface area contributed by atoms with Crippen LogP contribution in [-0.2, 0) is 6.42 Å². The molecule has 1 rings (SSSR count). The van der Waals surface area contributed by atoms with Crippen molar-refractivity contribution in [3.8, 4) is 0 Å². The number of nitrogens with one attached hydrogen (secondary N) is 1. The van der Waals surface area contributed by atoms with Crippen LogP contribution in [0.15, 0.2) is 5.38 Å². The molecule has 1 atom stereocenters. The van der Waals surface area contributed by atoms with E-state index >= 15 is 0 Å². The molecular formula is C13H24N2S. The Morgan fingerprint density at radius 1 is 1.44 bits per heavy atom. The third-order valence-electron chi connectivity index (χ3n) is 2.99. The Balaban J connectivity index is 2.63. The highest BCUT2D eigenvalue weighted by molar-refractivity contribution is 7.09. The highest BCUT2D eigenvalue weighted by Crippen LogP contribution is 2.28. The van der Waals surface area contributed by atoms with E-state index in [0.717, 1.165) is 19.5 Å². The lowest BCUT2D eigenvalue weighted by atomic mass is 9.78. The smallest absolute Gasteiger partial charge is 0.0897 e. The number of rotatable bonds is 5. The van der Waals surface area contributed by atoms with Crippen molar-refractivity contribution >= 4 is 11.3 Å². The summed E-state index contributed by atoms with van der Waals surface area (Å²) in [4.78, 5) is 4.56. The summed E-state index contributed by atoms with van der Waals surface area (Å²) in [5, 5.41) is 6.82. The van der Waals surface area contributed by atoms with E-state index < -0.39 is 0 Å². The Morgan fingerprint density at radius 2 is 2.12 bits per heavy atom. The molecule has 2 nitrogen and oxygen atoms in total. The van der Waals surface area contributed by atoms with Crippen molar-refractivity contribution in [1.29, 1.82) is 0 Å². The highest BCUT2D eigenvalue weighted by Gasteiger charge is 2.24. The van der Waals surface area contributed by atoms with Crippen LogP contribution < -0.4 is 5.32 Å². The number of nitrogens with zero attached hydrogens (tertiary/aromatic N) is 1. The van der Waals surface area contributed by atoms with Gasteiger partial charge in [-0.1, -0.05) is 27.7 Å². The zero-order chi connectivity index (χ0) is 12.2. The van der Waals surface area contributed by atoms with Crippen molar-refractivity contribution < 1.29 is 0 Å². The lowest BCUT2D eigenvalue weighted by Crippen LogP contribution is -2.33. The van der Waals surface area contributed by atoms with Crippen molar-refractivity contribution in [2.45, 2.75) is 41.0 Å². The van der Waals surface area contributed by atoms with E-state index in [1.54, 1.807) is 11.3 Å². The van der Waals surface area contributed by atoms with Crippen LogP contribution >= 0.6 is 11.3 Å². The quantitative estimate of drug-likeness (QED) is 0.854. The molecular weight excluding hydrogens is 216 g/mol. The monoisotopic (exact) mass is 240 g/mol. The van der Waals surface area contributed by atoms with Gasteiger partial charge in [0.25, 0.3) is 0 Å². The molecule has 0 aliphatic heterocycles. The first kappa shape index (κ1) is 13.7. The highest BCUT2D eigenvalue weighted by atomic mass is 32.1. The number of hydrogen-bond donors (Lipinski definition) is 1. The van der Waals surface area contributed by atoms with Gasteiger partial charge in [-0.15, -0.1) is 11.3 Å². The number of aromatic nitrogens is 1. The van der Waals surface area contributed by atoms with E-state index in [2.05, 4.69) is 50.3 Å². The average Bonchev–Trinajstić information content (AvgIpc) is 2.57. The Kier molecular flexibility index (Phi) is 4.93. The molecule has 0 aliphatic carbocycles. The molecule has 1 aromatic rings. The predicted octanol–water partition coefficient (Wildman–Crippen LogP) is 3.27. The lowest BCUT2D eigenvalue weighted by Gasteiger charge is -2.30. The molecule has 0 amide bonds. The van der Waals surface area contributed by atoms with Gasteiger partial charge in [-0.2, -0.15) is 0 Å². The van der Waals surface area contributed by atoms with Gasteiger partial charge in [0.1, 0.15) is 0 Å². The summed E-state index contributed by atoms with van der Waals surface area (Å²) < 4.78 is 0. The Labute approximate surface area is 103 Å². The number of aryl methyl sites for hydroxylation is 1. The van der Waals surface area contributed by atoms with Gasteiger partial charge >= 0.3 is 0 Å². The molecule has 0 spiro atoms. The third kappa shape index (κ3) is 4.22. The van der Waals surface area contributed by atoms with E-state index in [0.29, 0.717) is 11.3 Å². The van der Waals surface area contributed by atoms with Gasteiger partial charge in [0.15, 0.2) is 0 Å². The van der Waals surface area contributed by atoms with E-state index in [4.69, 9.17) is 0 Å². The lowest BCUT2D eigenvalue weighted by molar-refractivity contribution is 0.230. The normalized spacial score (nSPS) is 14.1. The molecule has 0 aliphatic rings. The predicted molar refractivity (Wildman–Crippen MR) is 72.0 cm³/mol. The molecule has 1 heterocycles. The minimum atomic E-state index is 0.333. The molecule has 0 bridgehead atoms. The Bertz CT molecular complexity index is 312. The maximum atomic E-state index is 4.56. The molecule has 0 radical (unpaired) electrons. The molecule has 0 saturated carbocycles. The van der Waals surface area contributed by atoms with Gasteiger partial charge in [0.2, 0.25) is 0 Å². The van der Waals surface area contributed by atoms with Gasteiger partial charge in [-0.3, -0.25) is 0 Å². The first-order valence-electron chi connectivity index (χ1n) is 6.05. The zero-order valence-electron chi connectivity index (χ0n) is 11.1. The van der Waals surface area contributed by atoms with Crippen molar-refractivity contribution in [2.75, 3.05) is 13.1 Å². The number of hydrogen-bond acceptors (Lipinski definition) is 3. The molecule has 16 heavy (non-hydrogen) atoms. The van der Waals surface area contributed by atoms with Crippen LogP contribution in [0.1, 0.15) is 38.4 Å². The average molecular weight is 240 g/mol. The van der Waals surface area contributed by atoms with Crippen molar-refractivity contribution in [3.05, 3.63) is 16.1 Å². The van der Waals surface area contributed by atoms with Crippen LogP contribution in [0.4, 0.5) is 0 Å². The van der Waals surface area contributed by atoms with E-state index in [9.17, 15) is 0 Å². The topological polar surface area (TPSA) is 24.9 Å². The largest absolute Gasteiger partial charge is 0.317 e. The second-order valence-corrected chi connectivity index (χ2v) is 6.49. The molecule has 0 fully saturated rings. The molecule has 92 valence electrons. The Morgan fingerprint density at radius 3 is 2.56 bits per heavy atom. The molecule has 0 aromatic carbocycles. The molecule has 1 aromatic heterocycles. The Hall–Kier alpha value is -0.410. The maximum absolute atomic E-state index is 4.56. The molecule has 3 heteroatoms. The molecule has 1 N–H and O–H groups in total. The third-order valence-corrected chi connectivity index (χ3v) is 3.81. The van der Waals surface area contributed by atoms with Gasteiger partial charge in [-0.05, 0) is 37.8 Å². The summed E-state index contributed by atoms with van der Waals surface area (Å²) in [5.41, 5.74) is 1.58. The van der Waals surface area contributed by atoms with Crippen molar-refractivity contribution in [1.82, 2.24) is 10.3 Å². The van der Waals surface area contributed by atoms with Crippen LogP contribution in [0.2, 0.25) is 0 Å². The van der Waals surface area contributed by atoms with Crippen molar-refractivity contribution in [2.24, 2.45) is 11.3 Å². The first-order chi connectivity index (χ1) is 7.43. The van der Waals surface area contributed by atoms with Crippen LogP contribution in [-0.4, -0.2) is 18.1 Å². The SMILES string of the molecule is CCNCC(Cc1csc(C)n1)C(C)(C)C.